The van der Waals surface area contributed by atoms with Gasteiger partial charge in [0.05, 0.1) is 6.61 Å². The molecule has 0 atom stereocenters. The van der Waals surface area contributed by atoms with Crippen LogP contribution >= 0.6 is 0 Å². The van der Waals surface area contributed by atoms with E-state index in [0.29, 0.717) is 12.0 Å². The molecule has 0 saturated heterocycles. The van der Waals surface area contributed by atoms with Gasteiger partial charge in [0.15, 0.2) is 0 Å². The van der Waals surface area contributed by atoms with Crippen LogP contribution in [-0.2, 0) is 14.5 Å². The Morgan fingerprint density at radius 1 is 1.70 bits per heavy atom. The van der Waals surface area contributed by atoms with Crippen LogP contribution in [0.3, 0.4) is 0 Å². The van der Waals surface area contributed by atoms with Gasteiger partial charge in [0.25, 0.3) is 0 Å². The minimum Gasteiger partial charge on any atom is -0.254 e. The SMILES string of the molecule is C=C(CC)COS(N)(=O)=O. The van der Waals surface area contributed by atoms with E-state index in [9.17, 15) is 8.42 Å². The van der Waals surface area contributed by atoms with Crippen molar-refractivity contribution in [1.82, 2.24) is 0 Å². The van der Waals surface area contributed by atoms with Crippen LogP contribution in [0.25, 0.3) is 0 Å². The molecule has 0 spiro atoms. The first-order valence-corrected chi connectivity index (χ1v) is 4.26. The van der Waals surface area contributed by atoms with Crippen molar-refractivity contribution in [2.75, 3.05) is 6.61 Å². The van der Waals surface area contributed by atoms with Crippen molar-refractivity contribution in [3.63, 3.8) is 0 Å². The Labute approximate surface area is 60.9 Å². The Morgan fingerprint density at radius 2 is 2.20 bits per heavy atom. The quantitative estimate of drug-likeness (QED) is 0.604. The third kappa shape index (κ3) is 5.74. The summed E-state index contributed by atoms with van der Waals surface area (Å²) < 4.78 is 24.6. The zero-order valence-corrected chi connectivity index (χ0v) is 6.65. The molecule has 0 radical (unpaired) electrons. The number of hydrogen-bond donors (Lipinski definition) is 1. The lowest BCUT2D eigenvalue weighted by atomic mass is 10.3. The molecule has 10 heavy (non-hydrogen) atoms. The van der Waals surface area contributed by atoms with Gasteiger partial charge in [0.1, 0.15) is 0 Å². The Kier molecular flexibility index (Phi) is 3.55. The second kappa shape index (κ2) is 3.70. The van der Waals surface area contributed by atoms with Crippen molar-refractivity contribution < 1.29 is 12.6 Å². The maximum atomic E-state index is 10.2. The summed E-state index contributed by atoms with van der Waals surface area (Å²) in [7, 11) is -3.79. The second-order valence-electron chi connectivity index (χ2n) is 1.86. The van der Waals surface area contributed by atoms with Crippen molar-refractivity contribution in [3.8, 4) is 0 Å². The van der Waals surface area contributed by atoms with Crippen molar-refractivity contribution in [2.24, 2.45) is 5.14 Å². The fourth-order valence-corrected chi connectivity index (χ4v) is 0.598. The molecule has 0 heterocycles. The maximum absolute atomic E-state index is 10.2. The van der Waals surface area contributed by atoms with Gasteiger partial charge < -0.3 is 0 Å². The monoisotopic (exact) mass is 165 g/mol. The summed E-state index contributed by atoms with van der Waals surface area (Å²) in [5.74, 6) is 0. The van der Waals surface area contributed by atoms with E-state index in [4.69, 9.17) is 0 Å². The molecule has 0 aromatic heterocycles. The van der Waals surface area contributed by atoms with Gasteiger partial charge in [0, 0.05) is 0 Å². The lowest BCUT2D eigenvalue weighted by Gasteiger charge is -2.00. The van der Waals surface area contributed by atoms with Crippen molar-refractivity contribution >= 4 is 10.3 Å². The fraction of sp³-hybridized carbons (Fsp3) is 0.600. The molecule has 5 heteroatoms. The van der Waals surface area contributed by atoms with Gasteiger partial charge in [-0.2, -0.15) is 8.42 Å². The molecule has 0 bridgehead atoms. The molecule has 0 aromatic carbocycles. The predicted molar refractivity (Wildman–Crippen MR) is 38.5 cm³/mol. The first-order valence-electron chi connectivity index (χ1n) is 2.79. The lowest BCUT2D eigenvalue weighted by Crippen LogP contribution is -2.16. The van der Waals surface area contributed by atoms with Crippen LogP contribution < -0.4 is 5.14 Å². The molecule has 2 N–H and O–H groups in total. The normalized spacial score (nSPS) is 11.4. The first-order chi connectivity index (χ1) is 4.45. The summed E-state index contributed by atoms with van der Waals surface area (Å²) in [6, 6.07) is 0. The van der Waals surface area contributed by atoms with Crippen LogP contribution in [0.5, 0.6) is 0 Å². The maximum Gasteiger partial charge on any atom is 0.333 e. The molecular formula is C5H11NO3S. The van der Waals surface area contributed by atoms with Gasteiger partial charge in [-0.25, -0.2) is 5.14 Å². The van der Waals surface area contributed by atoms with E-state index in [0.717, 1.165) is 0 Å². The average Bonchev–Trinajstić information content (AvgIpc) is 1.81. The topological polar surface area (TPSA) is 69.4 Å². The molecule has 0 aliphatic heterocycles. The summed E-state index contributed by atoms with van der Waals surface area (Å²) in [5.41, 5.74) is 0.703. The van der Waals surface area contributed by atoms with E-state index in [1.807, 2.05) is 6.92 Å². The first kappa shape index (κ1) is 9.61. The van der Waals surface area contributed by atoms with Gasteiger partial charge in [-0.15, -0.1) is 0 Å². The van der Waals surface area contributed by atoms with Crippen LogP contribution in [0, 0.1) is 0 Å². The van der Waals surface area contributed by atoms with Crippen LogP contribution in [0.1, 0.15) is 13.3 Å². The van der Waals surface area contributed by atoms with Crippen LogP contribution in [-0.4, -0.2) is 15.0 Å². The zero-order chi connectivity index (χ0) is 8.20. The zero-order valence-electron chi connectivity index (χ0n) is 5.83. The summed E-state index contributed by atoms with van der Waals surface area (Å²) in [6.45, 7) is 5.37. The molecule has 0 fully saturated rings. The van der Waals surface area contributed by atoms with Crippen LogP contribution in [0.4, 0.5) is 0 Å². The Balaban J connectivity index is 3.67. The Bertz CT molecular complexity index is 207. The van der Waals surface area contributed by atoms with Gasteiger partial charge in [-0.1, -0.05) is 19.1 Å². The molecule has 0 saturated carbocycles. The Morgan fingerprint density at radius 3 is 2.50 bits per heavy atom. The van der Waals surface area contributed by atoms with Crippen molar-refractivity contribution in [1.29, 1.82) is 0 Å². The van der Waals surface area contributed by atoms with Crippen molar-refractivity contribution in [3.05, 3.63) is 12.2 Å². The fourth-order valence-electron chi connectivity index (χ4n) is 0.268. The predicted octanol–water partition coefficient (Wildman–Crippen LogP) is 0.173. The third-order valence-corrected chi connectivity index (χ3v) is 1.37. The highest BCUT2D eigenvalue weighted by Gasteiger charge is 2.01. The lowest BCUT2D eigenvalue weighted by molar-refractivity contribution is 0.346. The van der Waals surface area contributed by atoms with Crippen LogP contribution in [0.15, 0.2) is 12.2 Å². The minimum absolute atomic E-state index is 0.0185. The van der Waals surface area contributed by atoms with Gasteiger partial charge in [-0.05, 0) is 6.42 Å². The van der Waals surface area contributed by atoms with Gasteiger partial charge in [-0.3, -0.25) is 4.18 Å². The van der Waals surface area contributed by atoms with E-state index < -0.39 is 10.3 Å². The molecule has 0 aliphatic rings. The number of nitrogens with two attached hydrogens (primary N) is 1. The Hall–Kier alpha value is -0.390. The standard InChI is InChI=1S/C5H11NO3S/c1-3-5(2)4-9-10(6,7)8/h2-4H2,1H3,(H2,6,7,8). The number of rotatable bonds is 4. The van der Waals surface area contributed by atoms with E-state index in [2.05, 4.69) is 15.9 Å². The number of hydrogen-bond acceptors (Lipinski definition) is 3. The van der Waals surface area contributed by atoms with Crippen LogP contribution in [0.2, 0.25) is 0 Å². The largest absolute Gasteiger partial charge is 0.333 e. The van der Waals surface area contributed by atoms with E-state index in [1.54, 1.807) is 0 Å². The summed E-state index contributed by atoms with van der Waals surface area (Å²) in [4.78, 5) is 0. The molecule has 0 rings (SSSR count). The summed E-state index contributed by atoms with van der Waals surface area (Å²) >= 11 is 0. The molecular weight excluding hydrogens is 154 g/mol. The molecule has 0 amide bonds. The average molecular weight is 165 g/mol. The second-order valence-corrected chi connectivity index (χ2v) is 3.08. The van der Waals surface area contributed by atoms with E-state index in [1.165, 1.54) is 0 Å². The molecule has 0 unspecified atom stereocenters. The van der Waals surface area contributed by atoms with Crippen molar-refractivity contribution in [2.45, 2.75) is 13.3 Å². The van der Waals surface area contributed by atoms with Gasteiger partial charge in [0.2, 0.25) is 0 Å². The van der Waals surface area contributed by atoms with E-state index in [-0.39, 0.29) is 6.61 Å². The van der Waals surface area contributed by atoms with E-state index >= 15 is 0 Å². The molecule has 60 valence electrons. The highest BCUT2D eigenvalue weighted by molar-refractivity contribution is 7.84. The summed E-state index contributed by atoms with van der Waals surface area (Å²) in [5, 5.41) is 4.55. The minimum atomic E-state index is -3.79. The summed E-state index contributed by atoms with van der Waals surface area (Å²) in [6.07, 6.45) is 0.690. The molecule has 4 nitrogen and oxygen atoms in total. The highest BCUT2D eigenvalue weighted by atomic mass is 32.2. The highest BCUT2D eigenvalue weighted by Crippen LogP contribution is 1.97. The molecule has 0 aromatic rings. The van der Waals surface area contributed by atoms with Gasteiger partial charge >= 0.3 is 10.3 Å². The smallest absolute Gasteiger partial charge is 0.254 e. The molecule has 0 aliphatic carbocycles. The third-order valence-electron chi connectivity index (χ3n) is 0.927.